The molecule has 5 aromatic rings. The number of aromatic nitrogens is 4. The summed E-state index contributed by atoms with van der Waals surface area (Å²) in [6, 6.07) is 17.2. The summed E-state index contributed by atoms with van der Waals surface area (Å²) in [7, 11) is 0. The Hall–Kier alpha value is -4.26. The Balaban J connectivity index is 1.36. The summed E-state index contributed by atoms with van der Waals surface area (Å²) >= 11 is 0. The van der Waals surface area contributed by atoms with Crippen LogP contribution < -0.4 is 10.1 Å². The minimum atomic E-state index is -0.290. The molecule has 0 saturated carbocycles. The van der Waals surface area contributed by atoms with Crippen molar-refractivity contribution in [3.63, 3.8) is 0 Å². The van der Waals surface area contributed by atoms with Crippen LogP contribution in [0.5, 0.6) is 5.75 Å². The van der Waals surface area contributed by atoms with Crippen LogP contribution >= 0.6 is 0 Å². The van der Waals surface area contributed by atoms with Crippen molar-refractivity contribution in [2.75, 3.05) is 6.61 Å². The third kappa shape index (κ3) is 3.12. The monoisotopic (exact) mass is 435 g/mol. The van der Waals surface area contributed by atoms with Crippen LogP contribution in [0, 0.1) is 13.8 Å². The summed E-state index contributed by atoms with van der Waals surface area (Å²) in [6.45, 7) is 4.23. The van der Waals surface area contributed by atoms with E-state index in [1.54, 1.807) is 6.20 Å². The van der Waals surface area contributed by atoms with Crippen LogP contribution in [0.2, 0.25) is 0 Å². The minimum Gasteiger partial charge on any atom is -0.491 e. The normalized spacial score (nSPS) is 14.9. The summed E-state index contributed by atoms with van der Waals surface area (Å²) in [4.78, 5) is 22.3. The van der Waals surface area contributed by atoms with Gasteiger partial charge in [0.25, 0.3) is 0 Å². The van der Waals surface area contributed by atoms with Crippen molar-refractivity contribution >= 4 is 27.8 Å². The van der Waals surface area contributed by atoms with Crippen LogP contribution in [0.15, 0.2) is 67.0 Å². The van der Waals surface area contributed by atoms with E-state index >= 15 is 0 Å². The molecular formula is C26H21N5O2. The van der Waals surface area contributed by atoms with Gasteiger partial charge in [0.05, 0.1) is 22.8 Å². The Morgan fingerprint density at radius 1 is 1.06 bits per heavy atom. The number of ether oxygens (including phenoxy) is 1. The number of amides is 1. The highest BCUT2D eigenvalue weighted by Gasteiger charge is 2.28. The zero-order chi connectivity index (χ0) is 22.5. The van der Waals surface area contributed by atoms with Crippen molar-refractivity contribution in [2.45, 2.75) is 19.9 Å². The maximum Gasteiger partial charge on any atom is 0.343 e. The van der Waals surface area contributed by atoms with E-state index in [2.05, 4.69) is 15.4 Å². The zero-order valence-electron chi connectivity index (χ0n) is 18.2. The minimum absolute atomic E-state index is 0.260. The Morgan fingerprint density at radius 3 is 2.79 bits per heavy atom. The molecule has 1 N–H and O–H groups in total. The number of pyridine rings is 2. The summed E-state index contributed by atoms with van der Waals surface area (Å²) in [5, 5.41) is 9.48. The molecule has 0 aliphatic carbocycles. The van der Waals surface area contributed by atoms with Crippen LogP contribution in [0.3, 0.4) is 0 Å². The van der Waals surface area contributed by atoms with E-state index in [0.717, 1.165) is 55.6 Å². The number of carbonyl (C=O) groups is 1. The maximum atomic E-state index is 13.4. The molecule has 1 amide bonds. The van der Waals surface area contributed by atoms with Gasteiger partial charge in [-0.15, -0.1) is 0 Å². The first-order valence-electron chi connectivity index (χ1n) is 10.8. The molecular weight excluding hydrogens is 414 g/mol. The molecule has 4 heterocycles. The Kier molecular flexibility index (Phi) is 4.36. The maximum absolute atomic E-state index is 13.4. The number of benzene rings is 2. The fraction of sp³-hybridized carbons (Fsp3) is 0.154. The van der Waals surface area contributed by atoms with Gasteiger partial charge in [-0.05, 0) is 37.6 Å². The lowest BCUT2D eigenvalue weighted by atomic mass is 10.0. The lowest BCUT2D eigenvalue weighted by molar-refractivity contribution is 0.231. The van der Waals surface area contributed by atoms with Crippen molar-refractivity contribution in [2.24, 2.45) is 0 Å². The first-order valence-corrected chi connectivity index (χ1v) is 10.8. The average molecular weight is 435 g/mol. The molecule has 0 bridgehead atoms. The van der Waals surface area contributed by atoms with Gasteiger partial charge in [-0.25, -0.2) is 4.79 Å². The molecule has 0 saturated heterocycles. The molecule has 0 spiro atoms. The second-order valence-electron chi connectivity index (χ2n) is 8.24. The highest BCUT2D eigenvalue weighted by Crippen LogP contribution is 2.36. The largest absolute Gasteiger partial charge is 0.491 e. The van der Waals surface area contributed by atoms with Crippen molar-refractivity contribution in [1.82, 2.24) is 25.1 Å². The number of hydrogen-bond donors (Lipinski definition) is 1. The molecule has 6 rings (SSSR count). The third-order valence-electron chi connectivity index (χ3n) is 6.15. The molecule has 0 unspecified atom stereocenters. The fourth-order valence-electron chi connectivity index (χ4n) is 4.62. The number of nitrogens with zero attached hydrogens (tertiary/aromatic N) is 4. The molecule has 1 atom stereocenters. The van der Waals surface area contributed by atoms with Gasteiger partial charge in [0.2, 0.25) is 0 Å². The number of rotatable bonds is 2. The predicted octanol–water partition coefficient (Wildman–Crippen LogP) is 4.95. The van der Waals surface area contributed by atoms with E-state index in [1.165, 1.54) is 4.68 Å². The van der Waals surface area contributed by atoms with E-state index in [9.17, 15) is 4.79 Å². The second kappa shape index (κ2) is 7.41. The Labute approximate surface area is 190 Å². The molecule has 3 aromatic heterocycles. The van der Waals surface area contributed by atoms with E-state index in [1.807, 2.05) is 74.6 Å². The average Bonchev–Trinajstić information content (AvgIpc) is 3.41. The van der Waals surface area contributed by atoms with Gasteiger partial charge in [-0.1, -0.05) is 36.4 Å². The van der Waals surface area contributed by atoms with Crippen LogP contribution in [0.1, 0.15) is 23.0 Å². The van der Waals surface area contributed by atoms with Gasteiger partial charge in [0.1, 0.15) is 12.4 Å². The summed E-state index contributed by atoms with van der Waals surface area (Å²) in [5.41, 5.74) is 6.25. The van der Waals surface area contributed by atoms with E-state index in [-0.39, 0.29) is 12.1 Å². The first-order chi connectivity index (χ1) is 16.1. The number of aryl methyl sites for hydroxylation is 2. The highest BCUT2D eigenvalue weighted by atomic mass is 16.5. The van der Waals surface area contributed by atoms with Gasteiger partial charge in [-0.3, -0.25) is 9.97 Å². The number of carbonyl (C=O) groups excluding carboxylic acids is 1. The third-order valence-corrected chi connectivity index (χ3v) is 6.15. The standard InChI is InChI=1S/C26H21N5O2/c1-15-24-16(2)30-31(25(24)20-7-3-4-8-21(20)28-15)26(32)29-22-14-33-23-12-17(9-10-19(22)23)18-6-5-11-27-13-18/h3-13,22H,14H2,1-2H3,(H,29,32)/t22-/m1/s1. The number of fused-ring (bicyclic) bond motifs is 4. The molecule has 33 heavy (non-hydrogen) atoms. The van der Waals surface area contributed by atoms with E-state index in [4.69, 9.17) is 9.72 Å². The molecule has 7 heteroatoms. The van der Waals surface area contributed by atoms with Crippen LogP contribution in [-0.2, 0) is 0 Å². The van der Waals surface area contributed by atoms with Crippen molar-refractivity contribution in [3.8, 4) is 16.9 Å². The first kappa shape index (κ1) is 19.4. The lowest BCUT2D eigenvalue weighted by Gasteiger charge is -2.13. The number of hydrogen-bond acceptors (Lipinski definition) is 5. The number of para-hydroxylation sites is 1. The zero-order valence-corrected chi connectivity index (χ0v) is 18.2. The summed E-state index contributed by atoms with van der Waals surface area (Å²) < 4.78 is 7.38. The van der Waals surface area contributed by atoms with Crippen LogP contribution in [-0.4, -0.2) is 32.4 Å². The molecule has 2 aromatic carbocycles. The Morgan fingerprint density at radius 2 is 1.94 bits per heavy atom. The topological polar surface area (TPSA) is 81.9 Å². The quantitative estimate of drug-likeness (QED) is 0.424. The molecule has 1 aliphatic heterocycles. The molecule has 1 aliphatic rings. The van der Waals surface area contributed by atoms with Gasteiger partial charge >= 0.3 is 6.03 Å². The summed E-state index contributed by atoms with van der Waals surface area (Å²) in [5.74, 6) is 0.772. The van der Waals surface area contributed by atoms with Gasteiger partial charge in [0, 0.05) is 40.0 Å². The van der Waals surface area contributed by atoms with Crippen molar-refractivity contribution in [3.05, 3.63) is 83.9 Å². The van der Waals surface area contributed by atoms with Crippen LogP contribution in [0.4, 0.5) is 4.79 Å². The van der Waals surface area contributed by atoms with Crippen molar-refractivity contribution < 1.29 is 9.53 Å². The molecule has 7 nitrogen and oxygen atoms in total. The smallest absolute Gasteiger partial charge is 0.343 e. The molecule has 162 valence electrons. The SMILES string of the molecule is Cc1nc2ccccc2c2c1c(C)nn2C(=O)N[C@@H]1COc2cc(-c3cccnc3)ccc21. The predicted molar refractivity (Wildman–Crippen MR) is 126 cm³/mol. The highest BCUT2D eigenvalue weighted by molar-refractivity contribution is 6.08. The second-order valence-corrected chi connectivity index (χ2v) is 8.24. The Bertz CT molecular complexity index is 1540. The molecule has 0 fully saturated rings. The van der Waals surface area contributed by atoms with Gasteiger partial charge in [0.15, 0.2) is 0 Å². The van der Waals surface area contributed by atoms with E-state index in [0.29, 0.717) is 6.61 Å². The van der Waals surface area contributed by atoms with E-state index < -0.39 is 0 Å². The van der Waals surface area contributed by atoms with Crippen LogP contribution in [0.25, 0.3) is 32.9 Å². The fourth-order valence-corrected chi connectivity index (χ4v) is 4.62. The number of nitrogens with one attached hydrogen (secondary N) is 1. The van der Waals surface area contributed by atoms with Gasteiger partial charge in [-0.2, -0.15) is 9.78 Å². The molecule has 0 radical (unpaired) electrons. The summed E-state index contributed by atoms with van der Waals surface area (Å²) in [6.07, 6.45) is 3.57. The van der Waals surface area contributed by atoms with Crippen molar-refractivity contribution in [1.29, 1.82) is 0 Å². The van der Waals surface area contributed by atoms with Gasteiger partial charge < -0.3 is 10.1 Å². The lowest BCUT2D eigenvalue weighted by Crippen LogP contribution is -2.33.